The zero-order valence-corrected chi connectivity index (χ0v) is 14.0. The van der Waals surface area contributed by atoms with E-state index >= 15 is 0 Å². The molecular formula is C18H21N3OS. The van der Waals surface area contributed by atoms with Gasteiger partial charge in [-0.25, -0.2) is 0 Å². The molecule has 0 aliphatic carbocycles. The number of rotatable bonds is 8. The minimum atomic E-state index is 0.858. The highest BCUT2D eigenvalue weighted by molar-refractivity contribution is 7.13. The van der Waals surface area contributed by atoms with E-state index in [9.17, 15) is 0 Å². The molecule has 120 valence electrons. The maximum Gasteiger partial charge on any atom is 0.147 e. The molecule has 0 saturated heterocycles. The van der Waals surface area contributed by atoms with Crippen molar-refractivity contribution in [2.45, 2.75) is 13.0 Å². The van der Waals surface area contributed by atoms with Crippen molar-refractivity contribution in [3.8, 4) is 5.75 Å². The third-order valence-electron chi connectivity index (χ3n) is 3.66. The minimum Gasteiger partial charge on any atom is -0.497 e. The zero-order chi connectivity index (χ0) is 15.9. The fourth-order valence-corrected chi connectivity index (χ4v) is 3.20. The Morgan fingerprint density at radius 3 is 2.91 bits per heavy atom. The topological polar surface area (TPSA) is 46.2 Å². The van der Waals surface area contributed by atoms with Crippen LogP contribution < -0.4 is 15.4 Å². The molecule has 3 rings (SSSR count). The van der Waals surface area contributed by atoms with Crippen LogP contribution >= 0.6 is 11.5 Å². The lowest BCUT2D eigenvalue weighted by Crippen LogP contribution is -2.17. The summed E-state index contributed by atoms with van der Waals surface area (Å²) in [5.74, 6) is 1.90. The first-order valence-corrected chi connectivity index (χ1v) is 8.56. The third kappa shape index (κ3) is 4.21. The van der Waals surface area contributed by atoms with Crippen LogP contribution in [0.1, 0.15) is 12.0 Å². The van der Waals surface area contributed by atoms with E-state index in [1.165, 1.54) is 15.6 Å². The Bertz CT molecular complexity index is 757. The normalized spacial score (nSPS) is 10.8. The molecule has 0 unspecified atom stereocenters. The first-order valence-electron chi connectivity index (χ1n) is 7.79. The molecule has 1 aromatic heterocycles. The molecule has 5 heteroatoms. The monoisotopic (exact) mass is 327 g/mol. The largest absolute Gasteiger partial charge is 0.497 e. The number of benzene rings is 2. The number of fused-ring (bicyclic) bond motifs is 1. The van der Waals surface area contributed by atoms with Gasteiger partial charge in [0.1, 0.15) is 11.6 Å². The average molecular weight is 327 g/mol. The van der Waals surface area contributed by atoms with E-state index in [1.54, 1.807) is 18.6 Å². The quantitative estimate of drug-likeness (QED) is 0.616. The van der Waals surface area contributed by atoms with Gasteiger partial charge in [-0.2, -0.15) is 4.37 Å². The lowest BCUT2D eigenvalue weighted by atomic mass is 10.2. The molecule has 23 heavy (non-hydrogen) atoms. The van der Waals surface area contributed by atoms with Crippen LogP contribution in [0.25, 0.3) is 10.1 Å². The highest BCUT2D eigenvalue weighted by Crippen LogP contribution is 2.25. The Morgan fingerprint density at radius 1 is 1.09 bits per heavy atom. The van der Waals surface area contributed by atoms with Crippen LogP contribution in [0.15, 0.2) is 48.5 Å². The van der Waals surface area contributed by atoms with Gasteiger partial charge in [0.05, 0.1) is 11.8 Å². The van der Waals surface area contributed by atoms with Gasteiger partial charge in [-0.1, -0.05) is 24.3 Å². The molecule has 2 N–H and O–H groups in total. The first-order chi connectivity index (χ1) is 11.4. The zero-order valence-electron chi connectivity index (χ0n) is 13.2. The van der Waals surface area contributed by atoms with Crippen LogP contribution in [0.4, 0.5) is 5.82 Å². The second-order valence-electron chi connectivity index (χ2n) is 5.34. The van der Waals surface area contributed by atoms with Gasteiger partial charge in [-0.05, 0) is 54.3 Å². The number of hydrogen-bond acceptors (Lipinski definition) is 5. The Balaban J connectivity index is 1.38. The first kappa shape index (κ1) is 15.8. The summed E-state index contributed by atoms with van der Waals surface area (Å²) in [5.41, 5.74) is 1.24. The highest BCUT2D eigenvalue weighted by Gasteiger charge is 2.03. The van der Waals surface area contributed by atoms with Gasteiger partial charge in [0, 0.05) is 18.5 Å². The summed E-state index contributed by atoms with van der Waals surface area (Å²) in [4.78, 5) is 0. The molecule has 4 nitrogen and oxygen atoms in total. The van der Waals surface area contributed by atoms with Crippen molar-refractivity contribution in [3.05, 3.63) is 54.1 Å². The van der Waals surface area contributed by atoms with E-state index in [2.05, 4.69) is 45.3 Å². The summed E-state index contributed by atoms with van der Waals surface area (Å²) < 4.78 is 10.9. The van der Waals surface area contributed by atoms with E-state index in [4.69, 9.17) is 4.74 Å². The second-order valence-corrected chi connectivity index (χ2v) is 6.14. The fraction of sp³-hybridized carbons (Fsp3) is 0.278. The lowest BCUT2D eigenvalue weighted by molar-refractivity contribution is 0.414. The average Bonchev–Trinajstić information content (AvgIpc) is 3.01. The van der Waals surface area contributed by atoms with Crippen molar-refractivity contribution in [1.82, 2.24) is 9.69 Å². The number of anilines is 1. The smallest absolute Gasteiger partial charge is 0.147 e. The van der Waals surface area contributed by atoms with Crippen molar-refractivity contribution < 1.29 is 4.74 Å². The number of nitrogens with zero attached hydrogens (tertiary/aromatic N) is 1. The van der Waals surface area contributed by atoms with Crippen molar-refractivity contribution in [3.63, 3.8) is 0 Å². The molecule has 0 saturated carbocycles. The highest BCUT2D eigenvalue weighted by atomic mass is 32.1. The van der Waals surface area contributed by atoms with Gasteiger partial charge in [0.25, 0.3) is 0 Å². The van der Waals surface area contributed by atoms with Crippen molar-refractivity contribution in [1.29, 1.82) is 0 Å². The Kier molecular flexibility index (Phi) is 5.45. The summed E-state index contributed by atoms with van der Waals surface area (Å²) in [6.45, 7) is 2.74. The van der Waals surface area contributed by atoms with E-state index in [0.29, 0.717) is 0 Å². The molecule has 0 radical (unpaired) electrons. The van der Waals surface area contributed by atoms with Crippen LogP contribution in [-0.2, 0) is 6.54 Å². The second kappa shape index (κ2) is 7.94. The number of methoxy groups -OCH3 is 1. The predicted octanol–water partition coefficient (Wildman–Crippen LogP) is 3.90. The summed E-state index contributed by atoms with van der Waals surface area (Å²) in [7, 11) is 1.69. The van der Waals surface area contributed by atoms with Crippen molar-refractivity contribution >= 4 is 27.4 Å². The summed E-state index contributed by atoms with van der Waals surface area (Å²) in [6.07, 6.45) is 1.05. The van der Waals surface area contributed by atoms with Crippen molar-refractivity contribution in [2.24, 2.45) is 0 Å². The maximum atomic E-state index is 5.23. The van der Waals surface area contributed by atoms with E-state index in [1.807, 2.05) is 18.2 Å². The molecule has 3 aromatic rings. The van der Waals surface area contributed by atoms with Gasteiger partial charge >= 0.3 is 0 Å². The van der Waals surface area contributed by atoms with Crippen LogP contribution in [-0.4, -0.2) is 24.6 Å². The van der Waals surface area contributed by atoms with Gasteiger partial charge in [-0.15, -0.1) is 0 Å². The molecule has 0 amide bonds. The fourth-order valence-electron chi connectivity index (χ4n) is 2.45. The molecular weight excluding hydrogens is 306 g/mol. The predicted molar refractivity (Wildman–Crippen MR) is 97.4 cm³/mol. The van der Waals surface area contributed by atoms with Crippen LogP contribution in [0, 0.1) is 0 Å². The Morgan fingerprint density at radius 2 is 2.00 bits per heavy atom. The molecule has 2 aromatic carbocycles. The number of hydrogen-bond donors (Lipinski definition) is 2. The van der Waals surface area contributed by atoms with E-state index in [0.717, 1.165) is 37.6 Å². The minimum absolute atomic E-state index is 0.858. The van der Waals surface area contributed by atoms with E-state index in [-0.39, 0.29) is 0 Å². The van der Waals surface area contributed by atoms with Crippen molar-refractivity contribution in [2.75, 3.05) is 25.5 Å². The number of ether oxygens (including phenoxy) is 1. The molecule has 0 aliphatic rings. The molecule has 0 aliphatic heterocycles. The van der Waals surface area contributed by atoms with Gasteiger partial charge in [0.2, 0.25) is 0 Å². The maximum absolute atomic E-state index is 5.23. The van der Waals surface area contributed by atoms with Crippen LogP contribution in [0.2, 0.25) is 0 Å². The Labute approximate surface area is 140 Å². The number of aromatic nitrogens is 1. The van der Waals surface area contributed by atoms with Gasteiger partial charge < -0.3 is 15.4 Å². The lowest BCUT2D eigenvalue weighted by Gasteiger charge is -2.07. The summed E-state index contributed by atoms with van der Waals surface area (Å²) in [5, 5.41) is 8.09. The van der Waals surface area contributed by atoms with Gasteiger partial charge in [-0.3, -0.25) is 0 Å². The van der Waals surface area contributed by atoms with E-state index < -0.39 is 0 Å². The van der Waals surface area contributed by atoms with Crippen LogP contribution in [0.3, 0.4) is 0 Å². The molecule has 0 atom stereocenters. The van der Waals surface area contributed by atoms with Crippen LogP contribution in [0.5, 0.6) is 5.75 Å². The third-order valence-corrected chi connectivity index (χ3v) is 4.49. The SMILES string of the molecule is COc1cccc(CNCCCNc2nsc3ccccc23)c1. The number of nitrogens with one attached hydrogen (secondary N) is 2. The van der Waals surface area contributed by atoms with Gasteiger partial charge in [0.15, 0.2) is 0 Å². The molecule has 0 bridgehead atoms. The summed E-state index contributed by atoms with van der Waals surface area (Å²) in [6, 6.07) is 16.5. The Hall–Kier alpha value is -2.11. The molecule has 0 spiro atoms. The molecule has 1 heterocycles. The standard InChI is InChI=1S/C18H21N3OS/c1-22-15-7-4-6-14(12-15)13-19-10-5-11-20-18-16-8-2-3-9-17(16)23-21-18/h2-4,6-9,12,19H,5,10-11,13H2,1H3,(H,20,21). The molecule has 0 fully saturated rings. The summed E-state index contributed by atoms with van der Waals surface area (Å²) >= 11 is 1.54.